The van der Waals surface area contributed by atoms with Crippen LogP contribution in [0, 0.1) is 17.8 Å². The van der Waals surface area contributed by atoms with Gasteiger partial charge in [-0.05, 0) is 24.9 Å². The van der Waals surface area contributed by atoms with Gasteiger partial charge >= 0.3 is 0 Å². The van der Waals surface area contributed by atoms with Crippen molar-refractivity contribution >= 4 is 11.3 Å². The van der Waals surface area contributed by atoms with E-state index in [1.165, 1.54) is 4.88 Å². The predicted octanol–water partition coefficient (Wildman–Crippen LogP) is 1.68. The maximum absolute atomic E-state index is 9.89. The van der Waals surface area contributed by atoms with Gasteiger partial charge in [-0.1, -0.05) is 18.8 Å². The Kier molecular flexibility index (Phi) is 5.41. The van der Waals surface area contributed by atoms with E-state index >= 15 is 0 Å². The van der Waals surface area contributed by atoms with Crippen LogP contribution in [0.15, 0.2) is 11.4 Å². The molecule has 1 fully saturated rings. The topological polar surface area (TPSA) is 43.7 Å². The summed E-state index contributed by atoms with van der Waals surface area (Å²) in [5, 5.41) is 20.6. The lowest BCUT2D eigenvalue weighted by Crippen LogP contribution is -2.42. The fraction of sp³-hybridized carbons (Fsp3) is 0.600. The number of aliphatic hydroxyl groups excluding tert-OH is 2. The normalized spacial score (nSPS) is 23.9. The van der Waals surface area contributed by atoms with Gasteiger partial charge in [-0.25, -0.2) is 0 Å². The maximum atomic E-state index is 9.89. The standard InChI is InChI=1S/C15H21NO2S/c1-12-5-6-16(10-15(12)18)9-14-8-13(11-19-14)4-2-3-7-17/h8,11-12,15,17-18H,3,5-7,9-10H2,1H3. The Morgan fingerprint density at radius 1 is 1.53 bits per heavy atom. The second-order valence-corrected chi connectivity index (χ2v) is 6.14. The summed E-state index contributed by atoms with van der Waals surface area (Å²) < 4.78 is 0. The number of β-amino-alcohol motifs (C(OH)–C–C–N with tert-alkyl or cyclic N) is 1. The molecule has 19 heavy (non-hydrogen) atoms. The number of nitrogens with zero attached hydrogens (tertiary/aromatic N) is 1. The van der Waals surface area contributed by atoms with Crippen molar-refractivity contribution in [3.63, 3.8) is 0 Å². The van der Waals surface area contributed by atoms with Crippen LogP contribution in [0.25, 0.3) is 0 Å². The molecular weight excluding hydrogens is 258 g/mol. The molecule has 0 aliphatic carbocycles. The number of thiophene rings is 1. The highest BCUT2D eigenvalue weighted by Crippen LogP contribution is 2.21. The first-order valence-corrected chi connectivity index (χ1v) is 7.64. The van der Waals surface area contributed by atoms with Gasteiger partial charge in [0.15, 0.2) is 0 Å². The predicted molar refractivity (Wildman–Crippen MR) is 78.0 cm³/mol. The van der Waals surface area contributed by atoms with E-state index < -0.39 is 0 Å². The second-order valence-electron chi connectivity index (χ2n) is 5.15. The molecule has 2 heterocycles. The van der Waals surface area contributed by atoms with E-state index in [2.05, 4.69) is 35.1 Å². The lowest BCUT2D eigenvalue weighted by molar-refractivity contribution is 0.0263. The fourth-order valence-corrected chi connectivity index (χ4v) is 3.09. The number of hydrogen-bond donors (Lipinski definition) is 2. The number of aliphatic hydroxyl groups is 2. The highest BCUT2D eigenvalue weighted by Gasteiger charge is 2.24. The zero-order chi connectivity index (χ0) is 13.7. The molecule has 1 aromatic heterocycles. The summed E-state index contributed by atoms with van der Waals surface area (Å²) in [7, 11) is 0. The van der Waals surface area contributed by atoms with Gasteiger partial charge in [-0.15, -0.1) is 11.3 Å². The molecule has 104 valence electrons. The van der Waals surface area contributed by atoms with Crippen LogP contribution in [-0.2, 0) is 6.54 Å². The number of hydrogen-bond acceptors (Lipinski definition) is 4. The molecule has 4 heteroatoms. The molecule has 1 saturated heterocycles. The molecule has 2 atom stereocenters. The van der Waals surface area contributed by atoms with Crippen molar-refractivity contribution in [3.05, 3.63) is 21.9 Å². The van der Waals surface area contributed by atoms with Crippen molar-refractivity contribution in [1.82, 2.24) is 4.90 Å². The first-order chi connectivity index (χ1) is 9.19. The largest absolute Gasteiger partial charge is 0.395 e. The van der Waals surface area contributed by atoms with Gasteiger partial charge in [0, 0.05) is 35.3 Å². The minimum absolute atomic E-state index is 0.119. The van der Waals surface area contributed by atoms with Crippen LogP contribution in [0.4, 0.5) is 0 Å². The van der Waals surface area contributed by atoms with Crippen molar-refractivity contribution in [3.8, 4) is 11.8 Å². The minimum Gasteiger partial charge on any atom is -0.395 e. The average Bonchev–Trinajstić information content (AvgIpc) is 2.82. The van der Waals surface area contributed by atoms with Gasteiger partial charge < -0.3 is 10.2 Å². The fourth-order valence-electron chi connectivity index (χ4n) is 2.23. The van der Waals surface area contributed by atoms with Gasteiger partial charge in [-0.3, -0.25) is 4.90 Å². The Labute approximate surface area is 118 Å². The van der Waals surface area contributed by atoms with E-state index in [1.807, 2.05) is 0 Å². The summed E-state index contributed by atoms with van der Waals surface area (Å²) in [6.45, 7) is 4.96. The lowest BCUT2D eigenvalue weighted by Gasteiger charge is -2.33. The molecular formula is C15H21NO2S. The van der Waals surface area contributed by atoms with Gasteiger partial charge in [0.25, 0.3) is 0 Å². The summed E-state index contributed by atoms with van der Waals surface area (Å²) in [6.07, 6.45) is 1.40. The van der Waals surface area contributed by atoms with Crippen molar-refractivity contribution in [2.75, 3.05) is 19.7 Å². The van der Waals surface area contributed by atoms with Crippen molar-refractivity contribution < 1.29 is 10.2 Å². The number of rotatable bonds is 3. The number of piperidine rings is 1. The molecule has 0 amide bonds. The Morgan fingerprint density at radius 2 is 2.37 bits per heavy atom. The average molecular weight is 279 g/mol. The quantitative estimate of drug-likeness (QED) is 0.828. The zero-order valence-corrected chi connectivity index (χ0v) is 12.1. The van der Waals surface area contributed by atoms with Crippen LogP contribution < -0.4 is 0 Å². The van der Waals surface area contributed by atoms with E-state index in [-0.39, 0.29) is 12.7 Å². The molecule has 0 aromatic carbocycles. The molecule has 1 aromatic rings. The molecule has 0 saturated carbocycles. The van der Waals surface area contributed by atoms with Crippen LogP contribution in [0.5, 0.6) is 0 Å². The summed E-state index contributed by atoms with van der Waals surface area (Å²) in [6, 6.07) is 2.11. The van der Waals surface area contributed by atoms with E-state index in [0.717, 1.165) is 31.6 Å². The minimum atomic E-state index is -0.197. The maximum Gasteiger partial charge on any atom is 0.0693 e. The molecule has 0 radical (unpaired) electrons. The van der Waals surface area contributed by atoms with Crippen LogP contribution in [0.3, 0.4) is 0 Å². The van der Waals surface area contributed by atoms with E-state index in [0.29, 0.717) is 12.3 Å². The van der Waals surface area contributed by atoms with Crippen LogP contribution >= 0.6 is 11.3 Å². The highest BCUT2D eigenvalue weighted by molar-refractivity contribution is 7.10. The molecule has 2 unspecified atom stereocenters. The van der Waals surface area contributed by atoms with E-state index in [4.69, 9.17) is 5.11 Å². The van der Waals surface area contributed by atoms with Gasteiger partial charge in [0.2, 0.25) is 0 Å². The van der Waals surface area contributed by atoms with Gasteiger partial charge in [-0.2, -0.15) is 0 Å². The summed E-state index contributed by atoms with van der Waals surface area (Å²) in [5.74, 6) is 6.40. The van der Waals surface area contributed by atoms with Crippen molar-refractivity contribution in [1.29, 1.82) is 0 Å². The monoisotopic (exact) mass is 279 g/mol. The van der Waals surface area contributed by atoms with Crippen LogP contribution in [-0.4, -0.2) is 40.9 Å². The van der Waals surface area contributed by atoms with Gasteiger partial charge in [0.1, 0.15) is 0 Å². The van der Waals surface area contributed by atoms with Gasteiger partial charge in [0.05, 0.1) is 12.7 Å². The Balaban J connectivity index is 1.88. The third-order valence-corrected chi connectivity index (χ3v) is 4.43. The molecule has 3 nitrogen and oxygen atoms in total. The molecule has 0 bridgehead atoms. The SMILES string of the molecule is CC1CCN(Cc2cc(C#CCCO)cs2)CC1O. The van der Waals surface area contributed by atoms with Crippen molar-refractivity contribution in [2.45, 2.75) is 32.4 Å². The lowest BCUT2D eigenvalue weighted by atomic mass is 9.96. The first-order valence-electron chi connectivity index (χ1n) is 6.76. The molecule has 0 spiro atoms. The van der Waals surface area contributed by atoms with Crippen LogP contribution in [0.2, 0.25) is 0 Å². The summed E-state index contributed by atoms with van der Waals surface area (Å²) in [5.41, 5.74) is 1.03. The summed E-state index contributed by atoms with van der Waals surface area (Å²) in [4.78, 5) is 3.59. The van der Waals surface area contributed by atoms with Crippen LogP contribution in [0.1, 0.15) is 30.2 Å². The molecule has 2 N–H and O–H groups in total. The van der Waals surface area contributed by atoms with Crippen molar-refractivity contribution in [2.24, 2.45) is 5.92 Å². The third kappa shape index (κ3) is 4.32. The number of likely N-dealkylation sites (tertiary alicyclic amines) is 1. The Morgan fingerprint density at radius 3 is 3.11 bits per heavy atom. The molecule has 2 rings (SSSR count). The zero-order valence-electron chi connectivity index (χ0n) is 11.3. The van der Waals surface area contributed by atoms with E-state index in [1.54, 1.807) is 11.3 Å². The highest BCUT2D eigenvalue weighted by atomic mass is 32.1. The third-order valence-electron chi connectivity index (χ3n) is 3.51. The Bertz CT molecular complexity index is 460. The second kappa shape index (κ2) is 7.06. The smallest absolute Gasteiger partial charge is 0.0693 e. The first kappa shape index (κ1) is 14.5. The van der Waals surface area contributed by atoms with E-state index in [9.17, 15) is 5.11 Å². The summed E-state index contributed by atoms with van der Waals surface area (Å²) >= 11 is 1.71. The molecule has 1 aliphatic heterocycles. The molecule has 1 aliphatic rings. The Hall–Kier alpha value is -0.860.